The lowest BCUT2D eigenvalue weighted by atomic mass is 10.1. The van der Waals surface area contributed by atoms with Crippen LogP contribution in [0.5, 0.6) is 0 Å². The first-order chi connectivity index (χ1) is 9.77. The second-order valence-corrected chi connectivity index (χ2v) is 5.73. The van der Waals surface area contributed by atoms with Crippen molar-refractivity contribution in [2.75, 3.05) is 0 Å². The molecular weight excluding hydrogens is 272 g/mol. The summed E-state index contributed by atoms with van der Waals surface area (Å²) in [6, 6.07) is 4.63. The van der Waals surface area contributed by atoms with Gasteiger partial charge < -0.3 is 19.4 Å². The van der Waals surface area contributed by atoms with Gasteiger partial charge in [0.25, 0.3) is 5.91 Å². The Bertz CT molecular complexity index is 661. The second-order valence-electron chi connectivity index (χ2n) is 5.73. The Hall–Kier alpha value is -2.50. The van der Waals surface area contributed by atoms with E-state index in [1.165, 1.54) is 12.1 Å². The van der Waals surface area contributed by atoms with Crippen LogP contribution in [-0.2, 0) is 12.1 Å². The fourth-order valence-electron chi connectivity index (χ4n) is 1.81. The maximum atomic E-state index is 12.0. The van der Waals surface area contributed by atoms with Crippen molar-refractivity contribution in [3.8, 4) is 0 Å². The van der Waals surface area contributed by atoms with Gasteiger partial charge in [0.05, 0.1) is 12.1 Å². The van der Waals surface area contributed by atoms with E-state index < -0.39 is 5.97 Å². The molecule has 0 aliphatic rings. The molecule has 2 heterocycles. The minimum Gasteiger partial charge on any atom is -0.475 e. The molecule has 0 aliphatic carbocycles. The average Bonchev–Trinajstić information content (AvgIpc) is 3.04. The summed E-state index contributed by atoms with van der Waals surface area (Å²) >= 11 is 0. The van der Waals surface area contributed by atoms with E-state index in [9.17, 15) is 9.59 Å². The van der Waals surface area contributed by atoms with E-state index in [0.29, 0.717) is 11.3 Å². The molecule has 6 nitrogen and oxygen atoms in total. The second kappa shape index (κ2) is 5.47. The molecule has 0 fully saturated rings. The summed E-state index contributed by atoms with van der Waals surface area (Å²) in [6.45, 7) is 6.29. The summed E-state index contributed by atoms with van der Waals surface area (Å²) in [5.74, 6) is -1.10. The number of rotatable bonds is 4. The molecule has 2 aromatic rings. The van der Waals surface area contributed by atoms with E-state index in [0.717, 1.165) is 0 Å². The Morgan fingerprint density at radius 2 is 2.00 bits per heavy atom. The fraction of sp³-hybridized carbons (Fsp3) is 0.333. The van der Waals surface area contributed by atoms with Crippen molar-refractivity contribution in [1.29, 1.82) is 0 Å². The number of carboxylic acid groups (broad SMARTS) is 1. The number of carbonyl (C=O) groups is 2. The van der Waals surface area contributed by atoms with Gasteiger partial charge in [0.2, 0.25) is 5.76 Å². The number of carboxylic acids is 1. The molecule has 0 bridgehead atoms. The van der Waals surface area contributed by atoms with Crippen molar-refractivity contribution in [2.24, 2.45) is 0 Å². The summed E-state index contributed by atoms with van der Waals surface area (Å²) in [7, 11) is 0. The first kappa shape index (κ1) is 14.9. The van der Waals surface area contributed by atoms with E-state index in [4.69, 9.17) is 9.52 Å². The molecule has 6 heteroatoms. The zero-order valence-corrected chi connectivity index (χ0v) is 12.2. The van der Waals surface area contributed by atoms with Crippen LogP contribution in [0.25, 0.3) is 0 Å². The number of amides is 1. The van der Waals surface area contributed by atoms with Gasteiger partial charge in [-0.3, -0.25) is 4.79 Å². The number of aromatic nitrogens is 1. The van der Waals surface area contributed by atoms with Crippen LogP contribution in [0.3, 0.4) is 0 Å². The molecule has 0 saturated carbocycles. The molecule has 0 aliphatic heterocycles. The molecule has 2 aromatic heterocycles. The van der Waals surface area contributed by atoms with Gasteiger partial charge >= 0.3 is 5.97 Å². The highest BCUT2D eigenvalue weighted by molar-refractivity contribution is 5.94. The van der Waals surface area contributed by atoms with Gasteiger partial charge in [0.1, 0.15) is 5.76 Å². The summed E-state index contributed by atoms with van der Waals surface area (Å²) in [5.41, 5.74) is 0.463. The minimum atomic E-state index is -1.13. The molecule has 0 unspecified atom stereocenters. The van der Waals surface area contributed by atoms with Crippen LogP contribution in [0, 0.1) is 0 Å². The molecule has 112 valence electrons. The molecule has 0 spiro atoms. The van der Waals surface area contributed by atoms with Crippen LogP contribution in [0.2, 0.25) is 0 Å². The van der Waals surface area contributed by atoms with Gasteiger partial charge in [-0.1, -0.05) is 0 Å². The molecule has 0 atom stereocenters. The predicted octanol–water partition coefficient (Wildman–Crippen LogP) is 2.46. The highest BCUT2D eigenvalue weighted by atomic mass is 16.4. The van der Waals surface area contributed by atoms with Crippen LogP contribution < -0.4 is 5.32 Å². The molecule has 2 N–H and O–H groups in total. The number of carbonyl (C=O) groups excluding carboxylic acids is 1. The average molecular weight is 290 g/mol. The van der Waals surface area contributed by atoms with E-state index in [1.54, 1.807) is 12.3 Å². The number of hydrogen-bond donors (Lipinski definition) is 2. The van der Waals surface area contributed by atoms with Crippen LogP contribution in [0.4, 0.5) is 0 Å². The number of furan rings is 1. The summed E-state index contributed by atoms with van der Waals surface area (Å²) < 4.78 is 7.03. The highest BCUT2D eigenvalue weighted by Crippen LogP contribution is 2.15. The van der Waals surface area contributed by atoms with Crippen LogP contribution in [-0.4, -0.2) is 21.6 Å². The third-order valence-corrected chi connectivity index (χ3v) is 3.03. The van der Waals surface area contributed by atoms with Crippen molar-refractivity contribution in [1.82, 2.24) is 9.88 Å². The van der Waals surface area contributed by atoms with Gasteiger partial charge in [0, 0.05) is 17.9 Å². The van der Waals surface area contributed by atoms with Crippen LogP contribution in [0.1, 0.15) is 47.4 Å². The molecule has 0 radical (unpaired) electrons. The Labute approximate surface area is 122 Å². The number of aromatic carboxylic acids is 1. The van der Waals surface area contributed by atoms with Crippen molar-refractivity contribution < 1.29 is 19.1 Å². The number of nitrogens with zero attached hydrogens (tertiary/aromatic N) is 1. The lowest BCUT2D eigenvalue weighted by molar-refractivity contribution is 0.0660. The Morgan fingerprint density at radius 1 is 1.29 bits per heavy atom. The molecule has 0 aromatic carbocycles. The maximum absolute atomic E-state index is 12.0. The van der Waals surface area contributed by atoms with Crippen molar-refractivity contribution >= 4 is 11.9 Å². The van der Waals surface area contributed by atoms with E-state index in [-0.39, 0.29) is 23.8 Å². The first-order valence-electron chi connectivity index (χ1n) is 6.56. The first-order valence-corrected chi connectivity index (χ1v) is 6.56. The zero-order chi connectivity index (χ0) is 15.6. The van der Waals surface area contributed by atoms with Crippen molar-refractivity contribution in [3.63, 3.8) is 0 Å². The summed E-state index contributed by atoms with van der Waals surface area (Å²) in [4.78, 5) is 22.7. The lowest BCUT2D eigenvalue weighted by Crippen LogP contribution is -2.23. The number of hydrogen-bond acceptors (Lipinski definition) is 3. The SMILES string of the molecule is CC(C)(C)n1ccc(C(=O)NCc2ccc(C(=O)O)o2)c1. The zero-order valence-electron chi connectivity index (χ0n) is 12.2. The minimum absolute atomic E-state index is 0.0874. The quantitative estimate of drug-likeness (QED) is 0.906. The topological polar surface area (TPSA) is 84.5 Å². The van der Waals surface area contributed by atoms with Crippen LogP contribution >= 0.6 is 0 Å². The molecular formula is C15H18N2O4. The highest BCUT2D eigenvalue weighted by Gasteiger charge is 2.15. The predicted molar refractivity (Wildman–Crippen MR) is 76.3 cm³/mol. The van der Waals surface area contributed by atoms with E-state index in [1.807, 2.05) is 31.5 Å². The molecule has 21 heavy (non-hydrogen) atoms. The summed E-state index contributed by atoms with van der Waals surface area (Å²) in [5, 5.41) is 11.4. The van der Waals surface area contributed by atoms with Gasteiger partial charge in [-0.2, -0.15) is 0 Å². The largest absolute Gasteiger partial charge is 0.475 e. The van der Waals surface area contributed by atoms with Gasteiger partial charge in [0.15, 0.2) is 0 Å². The van der Waals surface area contributed by atoms with Crippen LogP contribution in [0.15, 0.2) is 35.0 Å². The smallest absolute Gasteiger partial charge is 0.371 e. The third kappa shape index (κ3) is 3.53. The molecule has 2 rings (SSSR count). The van der Waals surface area contributed by atoms with Crippen molar-refractivity contribution in [2.45, 2.75) is 32.9 Å². The van der Waals surface area contributed by atoms with Gasteiger partial charge in [-0.15, -0.1) is 0 Å². The Kier molecular flexibility index (Phi) is 3.88. The lowest BCUT2D eigenvalue weighted by Gasteiger charge is -2.20. The van der Waals surface area contributed by atoms with Gasteiger partial charge in [-0.05, 0) is 39.0 Å². The Morgan fingerprint density at radius 3 is 2.52 bits per heavy atom. The van der Waals surface area contributed by atoms with Gasteiger partial charge in [-0.25, -0.2) is 4.79 Å². The van der Waals surface area contributed by atoms with E-state index >= 15 is 0 Å². The number of nitrogens with one attached hydrogen (secondary N) is 1. The Balaban J connectivity index is 1.98. The molecule has 0 saturated heterocycles. The van der Waals surface area contributed by atoms with E-state index in [2.05, 4.69) is 5.32 Å². The monoisotopic (exact) mass is 290 g/mol. The third-order valence-electron chi connectivity index (χ3n) is 3.03. The summed E-state index contributed by atoms with van der Waals surface area (Å²) in [6.07, 6.45) is 3.63. The normalized spacial score (nSPS) is 11.4. The standard InChI is InChI=1S/C15H18N2O4/c1-15(2,3)17-7-6-10(9-17)13(18)16-8-11-4-5-12(21-11)14(19)20/h4-7,9H,8H2,1-3H3,(H,16,18)(H,19,20). The molecule has 1 amide bonds. The maximum Gasteiger partial charge on any atom is 0.371 e. The van der Waals surface area contributed by atoms with Crippen molar-refractivity contribution in [3.05, 3.63) is 47.7 Å². The fourth-order valence-corrected chi connectivity index (χ4v) is 1.81.